The average Bonchev–Trinajstić information content (AvgIpc) is 2.73. The van der Waals surface area contributed by atoms with E-state index in [2.05, 4.69) is 21.2 Å². The molecule has 6 heteroatoms. The molecule has 102 valence electrons. The molecule has 2 rings (SSSR count). The highest BCUT2D eigenvalue weighted by molar-refractivity contribution is 9.10. The molecular weight excluding hydrogens is 328 g/mol. The zero-order chi connectivity index (χ0) is 13.8. The number of hydrogen-bond acceptors (Lipinski definition) is 4. The first-order valence-electron chi connectivity index (χ1n) is 5.97. The Morgan fingerprint density at radius 1 is 1.53 bits per heavy atom. The third kappa shape index (κ3) is 3.08. The smallest absolute Gasteiger partial charge is 0.263 e. The van der Waals surface area contributed by atoms with Gasteiger partial charge in [-0.1, -0.05) is 22.0 Å². The second-order valence-electron chi connectivity index (χ2n) is 3.91. The van der Waals surface area contributed by atoms with Crippen LogP contribution in [0.15, 0.2) is 22.7 Å². The molecule has 2 aromatic rings. The molecule has 0 aliphatic carbocycles. The van der Waals surface area contributed by atoms with Crippen LogP contribution in [0.2, 0.25) is 0 Å². The highest BCUT2D eigenvalue weighted by atomic mass is 79.9. The fourth-order valence-corrected chi connectivity index (χ4v) is 3.54. The SMILES string of the molecule is CCOCCNC(=O)c1sc2cccc(Br)c2c1N. The number of halogens is 1. The molecule has 1 aromatic heterocycles. The Morgan fingerprint density at radius 3 is 3.00 bits per heavy atom. The molecule has 0 atom stereocenters. The molecule has 0 aliphatic heterocycles. The number of ether oxygens (including phenoxy) is 1. The van der Waals surface area contributed by atoms with E-state index in [1.54, 1.807) is 0 Å². The van der Waals surface area contributed by atoms with Gasteiger partial charge in [0.1, 0.15) is 4.88 Å². The van der Waals surface area contributed by atoms with Crippen molar-refractivity contribution in [3.05, 3.63) is 27.5 Å². The lowest BCUT2D eigenvalue weighted by Gasteiger charge is -2.04. The van der Waals surface area contributed by atoms with E-state index in [9.17, 15) is 4.79 Å². The molecule has 3 N–H and O–H groups in total. The number of nitrogen functional groups attached to an aromatic ring is 1. The molecule has 4 nitrogen and oxygen atoms in total. The van der Waals surface area contributed by atoms with E-state index in [1.165, 1.54) is 11.3 Å². The van der Waals surface area contributed by atoms with Gasteiger partial charge in [0.2, 0.25) is 0 Å². The number of carbonyl (C=O) groups is 1. The number of thiophene rings is 1. The molecule has 0 saturated heterocycles. The van der Waals surface area contributed by atoms with Crippen molar-refractivity contribution in [2.75, 3.05) is 25.5 Å². The summed E-state index contributed by atoms with van der Waals surface area (Å²) < 4.78 is 7.09. The lowest BCUT2D eigenvalue weighted by atomic mass is 10.2. The second kappa shape index (κ2) is 6.36. The van der Waals surface area contributed by atoms with Crippen molar-refractivity contribution in [2.24, 2.45) is 0 Å². The first kappa shape index (κ1) is 14.3. The van der Waals surface area contributed by atoms with Gasteiger partial charge in [-0.25, -0.2) is 0 Å². The number of hydrogen-bond donors (Lipinski definition) is 2. The molecule has 1 heterocycles. The fourth-order valence-electron chi connectivity index (χ4n) is 1.76. The van der Waals surface area contributed by atoms with E-state index < -0.39 is 0 Å². The lowest BCUT2D eigenvalue weighted by molar-refractivity contribution is 0.0927. The summed E-state index contributed by atoms with van der Waals surface area (Å²) in [5.74, 6) is -0.148. The summed E-state index contributed by atoms with van der Waals surface area (Å²) in [4.78, 5) is 12.6. The van der Waals surface area contributed by atoms with Crippen molar-refractivity contribution in [1.29, 1.82) is 0 Å². The monoisotopic (exact) mass is 342 g/mol. The molecule has 0 radical (unpaired) electrons. The maximum Gasteiger partial charge on any atom is 0.263 e. The van der Waals surface area contributed by atoms with Crippen LogP contribution >= 0.6 is 27.3 Å². The predicted molar refractivity (Wildman–Crippen MR) is 82.8 cm³/mol. The third-order valence-corrected chi connectivity index (χ3v) is 4.47. The van der Waals surface area contributed by atoms with Gasteiger partial charge in [0.15, 0.2) is 0 Å². The van der Waals surface area contributed by atoms with Gasteiger partial charge in [0, 0.05) is 27.7 Å². The molecule has 0 spiro atoms. The molecule has 1 amide bonds. The standard InChI is InChI=1S/C13H15BrN2O2S/c1-2-18-7-6-16-13(17)12-11(15)10-8(14)4-3-5-9(10)19-12/h3-5H,2,6-7,15H2,1H3,(H,16,17). The van der Waals surface area contributed by atoms with E-state index >= 15 is 0 Å². The summed E-state index contributed by atoms with van der Waals surface area (Å²) >= 11 is 4.86. The molecule has 0 unspecified atom stereocenters. The van der Waals surface area contributed by atoms with Crippen LogP contribution in [0.5, 0.6) is 0 Å². The van der Waals surface area contributed by atoms with Crippen LogP contribution in [0.3, 0.4) is 0 Å². The van der Waals surface area contributed by atoms with E-state index in [0.29, 0.717) is 30.3 Å². The van der Waals surface area contributed by atoms with Gasteiger partial charge in [-0.15, -0.1) is 11.3 Å². The van der Waals surface area contributed by atoms with Crippen LogP contribution in [0.25, 0.3) is 10.1 Å². The molecule has 0 aliphatic rings. The summed E-state index contributed by atoms with van der Waals surface area (Å²) in [6.45, 7) is 3.56. The maximum atomic E-state index is 12.1. The summed E-state index contributed by atoms with van der Waals surface area (Å²) in [6.07, 6.45) is 0. The van der Waals surface area contributed by atoms with Crippen LogP contribution in [-0.2, 0) is 4.74 Å². The predicted octanol–water partition coefficient (Wildman–Crippen LogP) is 3.01. The molecule has 0 saturated carbocycles. The zero-order valence-corrected chi connectivity index (χ0v) is 12.9. The van der Waals surface area contributed by atoms with E-state index in [4.69, 9.17) is 10.5 Å². The second-order valence-corrected chi connectivity index (χ2v) is 5.82. The first-order chi connectivity index (χ1) is 9.15. The highest BCUT2D eigenvalue weighted by Gasteiger charge is 2.17. The van der Waals surface area contributed by atoms with E-state index in [0.717, 1.165) is 14.6 Å². The zero-order valence-electron chi connectivity index (χ0n) is 10.5. The van der Waals surface area contributed by atoms with Crippen LogP contribution in [-0.4, -0.2) is 25.7 Å². The van der Waals surface area contributed by atoms with Gasteiger partial charge < -0.3 is 15.8 Å². The van der Waals surface area contributed by atoms with Gasteiger partial charge in [-0.2, -0.15) is 0 Å². The van der Waals surface area contributed by atoms with Crippen molar-refractivity contribution >= 4 is 48.9 Å². The molecule has 0 bridgehead atoms. The number of amides is 1. The Bertz CT molecular complexity index is 598. The summed E-state index contributed by atoms with van der Waals surface area (Å²) in [7, 11) is 0. The first-order valence-corrected chi connectivity index (χ1v) is 7.58. The Kier molecular flexibility index (Phi) is 4.79. The Labute approximate surface area is 124 Å². The number of anilines is 1. The summed E-state index contributed by atoms with van der Waals surface area (Å²) in [5.41, 5.74) is 6.59. The van der Waals surface area contributed by atoms with Gasteiger partial charge in [-0.3, -0.25) is 4.79 Å². The van der Waals surface area contributed by atoms with Crippen molar-refractivity contribution < 1.29 is 9.53 Å². The van der Waals surface area contributed by atoms with E-state index in [-0.39, 0.29) is 5.91 Å². The molecular formula is C13H15BrN2O2S. The minimum atomic E-state index is -0.148. The molecule has 19 heavy (non-hydrogen) atoms. The van der Waals surface area contributed by atoms with Gasteiger partial charge in [0.25, 0.3) is 5.91 Å². The topological polar surface area (TPSA) is 64.3 Å². The van der Waals surface area contributed by atoms with Crippen molar-refractivity contribution in [1.82, 2.24) is 5.32 Å². The van der Waals surface area contributed by atoms with Crippen LogP contribution < -0.4 is 11.1 Å². The number of nitrogens with one attached hydrogen (secondary N) is 1. The quantitative estimate of drug-likeness (QED) is 0.821. The number of carbonyl (C=O) groups excluding carboxylic acids is 1. The van der Waals surface area contributed by atoms with Crippen molar-refractivity contribution in [3.8, 4) is 0 Å². The van der Waals surface area contributed by atoms with Crippen molar-refractivity contribution in [2.45, 2.75) is 6.92 Å². The number of fused-ring (bicyclic) bond motifs is 1. The number of benzene rings is 1. The molecule has 1 aromatic carbocycles. The molecule has 0 fully saturated rings. The maximum absolute atomic E-state index is 12.1. The fraction of sp³-hybridized carbons (Fsp3) is 0.308. The summed E-state index contributed by atoms with van der Waals surface area (Å²) in [5, 5.41) is 3.71. The van der Waals surface area contributed by atoms with E-state index in [1.807, 2.05) is 25.1 Å². The minimum Gasteiger partial charge on any atom is -0.397 e. The lowest BCUT2D eigenvalue weighted by Crippen LogP contribution is -2.27. The number of nitrogens with two attached hydrogens (primary N) is 1. The van der Waals surface area contributed by atoms with Gasteiger partial charge in [0.05, 0.1) is 12.3 Å². The van der Waals surface area contributed by atoms with Gasteiger partial charge in [-0.05, 0) is 19.1 Å². The van der Waals surface area contributed by atoms with Crippen LogP contribution in [0.1, 0.15) is 16.6 Å². The van der Waals surface area contributed by atoms with Crippen molar-refractivity contribution in [3.63, 3.8) is 0 Å². The number of rotatable bonds is 5. The average molecular weight is 343 g/mol. The largest absolute Gasteiger partial charge is 0.397 e. The minimum absolute atomic E-state index is 0.148. The van der Waals surface area contributed by atoms with Gasteiger partial charge >= 0.3 is 0 Å². The third-order valence-electron chi connectivity index (χ3n) is 2.64. The highest BCUT2D eigenvalue weighted by Crippen LogP contribution is 2.37. The van der Waals surface area contributed by atoms with Crippen LogP contribution in [0, 0.1) is 0 Å². The Hall–Kier alpha value is -1.11. The normalized spacial score (nSPS) is 10.8. The Morgan fingerprint density at radius 2 is 2.32 bits per heavy atom. The van der Waals surface area contributed by atoms with Crippen LogP contribution in [0.4, 0.5) is 5.69 Å². The Balaban J connectivity index is 2.18. The summed E-state index contributed by atoms with van der Waals surface area (Å²) in [6, 6.07) is 5.80.